The van der Waals surface area contributed by atoms with E-state index < -0.39 is 5.97 Å². The Balaban J connectivity index is 2.39. The number of nitrogens with one attached hydrogen (secondary N) is 1. The van der Waals surface area contributed by atoms with Crippen molar-refractivity contribution in [3.63, 3.8) is 0 Å². The molecule has 0 aromatic heterocycles. The molecule has 116 valence electrons. The lowest BCUT2D eigenvalue weighted by atomic mass is 9.94. The van der Waals surface area contributed by atoms with Crippen LogP contribution < -0.4 is 5.32 Å². The smallest absolute Gasteiger partial charge is 0.303 e. The van der Waals surface area contributed by atoms with Gasteiger partial charge in [-0.25, -0.2) is 0 Å². The molecule has 2 N–H and O–H groups in total. The largest absolute Gasteiger partial charge is 0.481 e. The van der Waals surface area contributed by atoms with Gasteiger partial charge in [0.25, 0.3) is 0 Å². The number of hydrogen-bond donors (Lipinski definition) is 2. The molecule has 0 radical (unpaired) electrons. The fourth-order valence-corrected chi connectivity index (χ4v) is 2.66. The Morgan fingerprint density at radius 3 is 2.65 bits per heavy atom. The summed E-state index contributed by atoms with van der Waals surface area (Å²) in [6.45, 7) is 8.49. The van der Waals surface area contributed by atoms with E-state index in [9.17, 15) is 9.59 Å². The second kappa shape index (κ2) is 8.25. The van der Waals surface area contributed by atoms with Gasteiger partial charge in [0, 0.05) is 19.5 Å². The third-order valence-electron chi connectivity index (χ3n) is 3.96. The molecule has 0 bridgehead atoms. The Morgan fingerprint density at radius 1 is 1.35 bits per heavy atom. The van der Waals surface area contributed by atoms with Gasteiger partial charge in [-0.15, -0.1) is 0 Å². The van der Waals surface area contributed by atoms with Crippen LogP contribution in [-0.2, 0) is 9.59 Å². The van der Waals surface area contributed by atoms with Crippen molar-refractivity contribution in [1.29, 1.82) is 0 Å². The number of aliphatic carboxylic acids is 1. The first-order valence-corrected chi connectivity index (χ1v) is 7.63. The molecule has 0 spiro atoms. The summed E-state index contributed by atoms with van der Waals surface area (Å²) in [5, 5.41) is 11.8. The number of piperidine rings is 1. The van der Waals surface area contributed by atoms with Gasteiger partial charge in [-0.2, -0.15) is 0 Å². The van der Waals surface area contributed by atoms with Gasteiger partial charge in [0.05, 0.1) is 6.04 Å². The first-order chi connectivity index (χ1) is 9.40. The molecule has 2 unspecified atom stereocenters. The van der Waals surface area contributed by atoms with Crippen molar-refractivity contribution in [2.24, 2.45) is 11.8 Å². The van der Waals surface area contributed by atoms with Crippen molar-refractivity contribution < 1.29 is 14.7 Å². The zero-order chi connectivity index (χ0) is 15.1. The van der Waals surface area contributed by atoms with Gasteiger partial charge in [0.2, 0.25) is 5.91 Å². The van der Waals surface area contributed by atoms with E-state index in [2.05, 4.69) is 24.1 Å². The molecule has 2 atom stereocenters. The molecule has 0 aliphatic carbocycles. The summed E-state index contributed by atoms with van der Waals surface area (Å²) in [4.78, 5) is 25.0. The van der Waals surface area contributed by atoms with Crippen LogP contribution in [0.5, 0.6) is 0 Å². The van der Waals surface area contributed by atoms with Gasteiger partial charge in [0.1, 0.15) is 0 Å². The van der Waals surface area contributed by atoms with Crippen LogP contribution in [-0.4, -0.2) is 47.6 Å². The van der Waals surface area contributed by atoms with Crippen LogP contribution in [0, 0.1) is 11.8 Å². The van der Waals surface area contributed by atoms with Crippen LogP contribution >= 0.6 is 0 Å². The highest BCUT2D eigenvalue weighted by Crippen LogP contribution is 2.21. The van der Waals surface area contributed by atoms with Gasteiger partial charge < -0.3 is 10.4 Å². The lowest BCUT2D eigenvalue weighted by Crippen LogP contribution is -2.49. The Kier molecular flexibility index (Phi) is 6.99. The van der Waals surface area contributed by atoms with Crippen molar-refractivity contribution in [1.82, 2.24) is 10.2 Å². The van der Waals surface area contributed by atoms with Crippen LogP contribution in [0.2, 0.25) is 0 Å². The molecule has 1 heterocycles. The molecule has 1 aliphatic heterocycles. The summed E-state index contributed by atoms with van der Waals surface area (Å²) >= 11 is 0. The van der Waals surface area contributed by atoms with Crippen molar-refractivity contribution >= 4 is 11.9 Å². The number of amides is 1. The Hall–Kier alpha value is -1.10. The second-order valence-corrected chi connectivity index (χ2v) is 6.25. The molecular weight excluding hydrogens is 256 g/mol. The lowest BCUT2D eigenvalue weighted by Gasteiger charge is -2.35. The van der Waals surface area contributed by atoms with E-state index in [1.807, 2.05) is 6.92 Å². The number of likely N-dealkylation sites (tertiary alicyclic amines) is 1. The summed E-state index contributed by atoms with van der Waals surface area (Å²) in [5.41, 5.74) is 0. The topological polar surface area (TPSA) is 69.6 Å². The van der Waals surface area contributed by atoms with Gasteiger partial charge in [-0.05, 0) is 44.6 Å². The molecule has 20 heavy (non-hydrogen) atoms. The minimum Gasteiger partial charge on any atom is -0.481 e. The first-order valence-electron chi connectivity index (χ1n) is 7.63. The number of carboxylic acid groups (broad SMARTS) is 1. The molecule has 1 fully saturated rings. The Bertz CT molecular complexity index is 331. The van der Waals surface area contributed by atoms with Gasteiger partial charge in [0.15, 0.2) is 0 Å². The quantitative estimate of drug-likeness (QED) is 0.747. The average molecular weight is 284 g/mol. The lowest BCUT2D eigenvalue weighted by molar-refractivity contribution is -0.138. The maximum absolute atomic E-state index is 12.1. The standard InChI is InChI=1S/C15H28N2O3/c1-11(2)6-7-16-15(20)12(3)17-8-4-5-13(10-17)9-14(18)19/h11-13H,4-10H2,1-3H3,(H,16,20)(H,18,19). The molecule has 0 aromatic carbocycles. The van der Waals surface area contributed by atoms with E-state index in [0.717, 1.165) is 25.8 Å². The zero-order valence-corrected chi connectivity index (χ0v) is 12.9. The highest BCUT2D eigenvalue weighted by atomic mass is 16.4. The van der Waals surface area contributed by atoms with Gasteiger partial charge in [-0.3, -0.25) is 14.5 Å². The minimum absolute atomic E-state index is 0.0571. The first kappa shape index (κ1) is 17.0. The molecular formula is C15H28N2O3. The third kappa shape index (κ3) is 5.90. The van der Waals surface area contributed by atoms with Crippen molar-refractivity contribution in [3.8, 4) is 0 Å². The Morgan fingerprint density at radius 2 is 2.05 bits per heavy atom. The third-order valence-corrected chi connectivity index (χ3v) is 3.96. The number of carbonyl (C=O) groups excluding carboxylic acids is 1. The van der Waals surface area contributed by atoms with E-state index >= 15 is 0 Å². The van der Waals surface area contributed by atoms with E-state index in [1.165, 1.54) is 0 Å². The molecule has 1 saturated heterocycles. The van der Waals surface area contributed by atoms with Crippen LogP contribution in [0.4, 0.5) is 0 Å². The number of carbonyl (C=O) groups is 2. The number of rotatable bonds is 7. The monoisotopic (exact) mass is 284 g/mol. The van der Waals surface area contributed by atoms with E-state index in [1.54, 1.807) is 0 Å². The van der Waals surface area contributed by atoms with Gasteiger partial charge in [-0.1, -0.05) is 13.8 Å². The number of nitrogens with zero attached hydrogens (tertiary/aromatic N) is 1. The summed E-state index contributed by atoms with van der Waals surface area (Å²) in [7, 11) is 0. The maximum Gasteiger partial charge on any atom is 0.303 e. The summed E-state index contributed by atoms with van der Waals surface area (Å²) in [6.07, 6.45) is 3.12. The summed E-state index contributed by atoms with van der Waals surface area (Å²) in [5.74, 6) is 0.0696. The highest BCUT2D eigenvalue weighted by Gasteiger charge is 2.28. The highest BCUT2D eigenvalue weighted by molar-refractivity contribution is 5.81. The molecule has 1 rings (SSSR count). The van der Waals surface area contributed by atoms with E-state index in [-0.39, 0.29) is 24.3 Å². The van der Waals surface area contributed by atoms with Crippen molar-refractivity contribution in [3.05, 3.63) is 0 Å². The predicted octanol–water partition coefficient (Wildman–Crippen LogP) is 1.72. The van der Waals surface area contributed by atoms with E-state index in [0.29, 0.717) is 19.0 Å². The van der Waals surface area contributed by atoms with Crippen molar-refractivity contribution in [2.75, 3.05) is 19.6 Å². The van der Waals surface area contributed by atoms with Crippen LogP contribution in [0.25, 0.3) is 0 Å². The van der Waals surface area contributed by atoms with E-state index in [4.69, 9.17) is 5.11 Å². The normalized spacial score (nSPS) is 21.7. The molecule has 1 amide bonds. The average Bonchev–Trinajstić information content (AvgIpc) is 2.36. The van der Waals surface area contributed by atoms with Gasteiger partial charge >= 0.3 is 5.97 Å². The van der Waals surface area contributed by atoms with Crippen LogP contribution in [0.1, 0.15) is 46.5 Å². The molecule has 5 nitrogen and oxygen atoms in total. The molecule has 1 aliphatic rings. The number of carboxylic acids is 1. The zero-order valence-electron chi connectivity index (χ0n) is 12.9. The predicted molar refractivity (Wildman–Crippen MR) is 78.5 cm³/mol. The molecule has 0 saturated carbocycles. The molecule has 5 heteroatoms. The van der Waals surface area contributed by atoms with Crippen LogP contribution in [0.3, 0.4) is 0 Å². The minimum atomic E-state index is -0.745. The van der Waals surface area contributed by atoms with Crippen molar-refractivity contribution in [2.45, 2.75) is 52.5 Å². The Labute approximate surface area is 121 Å². The fraction of sp³-hybridized carbons (Fsp3) is 0.867. The second-order valence-electron chi connectivity index (χ2n) is 6.25. The fourth-order valence-electron chi connectivity index (χ4n) is 2.66. The summed E-state index contributed by atoms with van der Waals surface area (Å²) < 4.78 is 0. The summed E-state index contributed by atoms with van der Waals surface area (Å²) in [6, 6.07) is -0.168. The maximum atomic E-state index is 12.1. The van der Waals surface area contributed by atoms with Crippen LogP contribution in [0.15, 0.2) is 0 Å². The SMILES string of the molecule is CC(C)CCNC(=O)C(C)N1CCCC(CC(=O)O)C1. The molecule has 0 aromatic rings. The number of hydrogen-bond acceptors (Lipinski definition) is 3.